The van der Waals surface area contributed by atoms with Crippen molar-refractivity contribution in [2.24, 2.45) is 0 Å². The first kappa shape index (κ1) is 9.80. The summed E-state index contributed by atoms with van der Waals surface area (Å²) in [7, 11) is 0. The van der Waals surface area contributed by atoms with Gasteiger partial charge in [-0.2, -0.15) is 0 Å². The van der Waals surface area contributed by atoms with Gasteiger partial charge in [0.15, 0.2) is 0 Å². The summed E-state index contributed by atoms with van der Waals surface area (Å²) in [6.07, 6.45) is 1.63. The quantitative estimate of drug-likeness (QED) is 0.725. The number of rotatable bonds is 1. The molecule has 0 spiro atoms. The molecule has 0 saturated heterocycles. The number of nitrogens with two attached hydrogens (primary N) is 1. The Bertz CT molecular complexity index is 528. The summed E-state index contributed by atoms with van der Waals surface area (Å²) in [5.41, 5.74) is 8.00. The predicted octanol–water partition coefficient (Wildman–Crippen LogP) is 2.28. The average molecular weight is 221 g/mol. The van der Waals surface area contributed by atoms with Crippen LogP contribution in [0, 0.1) is 0 Å². The van der Waals surface area contributed by atoms with Crippen LogP contribution in [-0.2, 0) is 0 Å². The van der Waals surface area contributed by atoms with Gasteiger partial charge in [0.1, 0.15) is 0 Å². The van der Waals surface area contributed by atoms with Gasteiger partial charge in [-0.25, -0.2) is 0 Å². The summed E-state index contributed by atoms with van der Waals surface area (Å²) in [4.78, 5) is 13.5. The molecule has 0 aliphatic carbocycles. The van der Waals surface area contributed by atoms with Crippen molar-refractivity contribution in [1.82, 2.24) is 4.98 Å². The molecule has 76 valence electrons. The molecule has 0 unspecified atom stereocenters. The number of benzene rings is 1. The van der Waals surface area contributed by atoms with Crippen LogP contribution in [0.4, 0.5) is 5.69 Å². The highest BCUT2D eigenvalue weighted by Gasteiger charge is 2.02. The van der Waals surface area contributed by atoms with E-state index in [-0.39, 0.29) is 5.56 Å². The molecule has 4 heteroatoms. The lowest BCUT2D eigenvalue weighted by Gasteiger charge is -2.05. The van der Waals surface area contributed by atoms with Crippen molar-refractivity contribution in [3.63, 3.8) is 0 Å². The third kappa shape index (κ3) is 2.02. The number of nitrogens with one attached hydrogen (secondary N) is 1. The van der Waals surface area contributed by atoms with Crippen molar-refractivity contribution in [2.75, 3.05) is 5.73 Å². The highest BCUT2D eigenvalue weighted by molar-refractivity contribution is 6.31. The van der Waals surface area contributed by atoms with Crippen LogP contribution >= 0.6 is 11.6 Å². The third-order valence-corrected chi connectivity index (χ3v) is 2.34. The van der Waals surface area contributed by atoms with E-state index in [9.17, 15) is 4.79 Å². The van der Waals surface area contributed by atoms with Gasteiger partial charge in [-0.05, 0) is 18.2 Å². The Hall–Kier alpha value is -1.74. The number of aromatic nitrogens is 1. The number of hydrogen-bond donors (Lipinski definition) is 2. The molecule has 1 aromatic carbocycles. The Balaban J connectivity index is 2.54. The number of hydrogen-bond acceptors (Lipinski definition) is 2. The van der Waals surface area contributed by atoms with Crippen LogP contribution in [0.5, 0.6) is 0 Å². The van der Waals surface area contributed by atoms with Crippen molar-refractivity contribution >= 4 is 17.3 Å². The van der Waals surface area contributed by atoms with E-state index in [0.717, 1.165) is 11.1 Å². The predicted molar refractivity (Wildman–Crippen MR) is 61.9 cm³/mol. The lowest BCUT2D eigenvalue weighted by atomic mass is 10.1. The molecule has 0 atom stereocenters. The van der Waals surface area contributed by atoms with Crippen molar-refractivity contribution in [3.05, 3.63) is 51.9 Å². The molecule has 3 nitrogen and oxygen atoms in total. The number of nitrogen functional groups attached to an aromatic ring is 1. The first-order chi connectivity index (χ1) is 7.16. The molecular weight excluding hydrogens is 212 g/mol. The van der Waals surface area contributed by atoms with Crippen molar-refractivity contribution in [2.45, 2.75) is 0 Å². The minimum Gasteiger partial charge on any atom is -0.398 e. The van der Waals surface area contributed by atoms with Gasteiger partial charge in [0.05, 0.1) is 0 Å². The standard InChI is InChI=1S/C11H9ClN2O/c12-8-2-3-9(10(13)5-8)7-1-4-11(15)14-6-7/h1-6H,13H2,(H,14,15). The summed E-state index contributed by atoms with van der Waals surface area (Å²) in [5, 5.41) is 0.598. The zero-order chi connectivity index (χ0) is 10.8. The summed E-state index contributed by atoms with van der Waals surface area (Å²) < 4.78 is 0. The lowest BCUT2D eigenvalue weighted by molar-refractivity contribution is 1.24. The normalized spacial score (nSPS) is 10.2. The van der Waals surface area contributed by atoms with Crippen LogP contribution < -0.4 is 11.3 Å². The van der Waals surface area contributed by atoms with Crippen molar-refractivity contribution < 1.29 is 0 Å². The zero-order valence-electron chi connectivity index (χ0n) is 7.83. The fourth-order valence-corrected chi connectivity index (χ4v) is 1.56. The van der Waals surface area contributed by atoms with Gasteiger partial charge in [0.2, 0.25) is 5.56 Å². The number of anilines is 1. The highest BCUT2D eigenvalue weighted by Crippen LogP contribution is 2.27. The first-order valence-corrected chi connectivity index (χ1v) is 4.79. The van der Waals surface area contributed by atoms with Gasteiger partial charge in [-0.3, -0.25) is 4.79 Å². The molecule has 0 aliphatic heterocycles. The summed E-state index contributed by atoms with van der Waals surface area (Å²) >= 11 is 5.79. The van der Waals surface area contributed by atoms with Crippen molar-refractivity contribution in [3.8, 4) is 11.1 Å². The van der Waals surface area contributed by atoms with Crippen molar-refractivity contribution in [1.29, 1.82) is 0 Å². The summed E-state index contributed by atoms with van der Waals surface area (Å²) in [6, 6.07) is 8.45. The number of H-pyrrole nitrogens is 1. The fourth-order valence-electron chi connectivity index (χ4n) is 1.37. The molecule has 15 heavy (non-hydrogen) atoms. The van der Waals surface area contributed by atoms with E-state index < -0.39 is 0 Å². The Labute approximate surface area is 91.5 Å². The van der Waals surface area contributed by atoms with Gasteiger partial charge in [-0.1, -0.05) is 17.7 Å². The van der Waals surface area contributed by atoms with Gasteiger partial charge >= 0.3 is 0 Å². The van der Waals surface area contributed by atoms with E-state index in [2.05, 4.69) is 4.98 Å². The monoisotopic (exact) mass is 220 g/mol. The summed E-state index contributed by atoms with van der Waals surface area (Å²) in [5.74, 6) is 0. The Morgan fingerprint density at radius 2 is 2.00 bits per heavy atom. The second kappa shape index (κ2) is 3.79. The van der Waals surface area contributed by atoms with Crippen LogP contribution in [0.2, 0.25) is 5.02 Å². The van der Waals surface area contributed by atoms with Gasteiger partial charge in [0, 0.05) is 34.1 Å². The number of aromatic amines is 1. The van der Waals surface area contributed by atoms with E-state index in [4.69, 9.17) is 17.3 Å². The second-order valence-electron chi connectivity index (χ2n) is 3.17. The maximum absolute atomic E-state index is 10.9. The lowest BCUT2D eigenvalue weighted by Crippen LogP contribution is -2.01. The molecule has 0 bridgehead atoms. The van der Waals surface area contributed by atoms with Crippen LogP contribution in [-0.4, -0.2) is 4.98 Å². The van der Waals surface area contributed by atoms with Gasteiger partial charge < -0.3 is 10.7 Å². The smallest absolute Gasteiger partial charge is 0.247 e. The SMILES string of the molecule is Nc1cc(Cl)ccc1-c1ccc(=O)[nH]c1. The highest BCUT2D eigenvalue weighted by atomic mass is 35.5. The zero-order valence-corrected chi connectivity index (χ0v) is 8.58. The Morgan fingerprint density at radius 1 is 1.20 bits per heavy atom. The van der Waals surface area contributed by atoms with E-state index in [0.29, 0.717) is 10.7 Å². The third-order valence-electron chi connectivity index (χ3n) is 2.11. The van der Waals surface area contributed by atoms with Crippen LogP contribution in [0.15, 0.2) is 41.3 Å². The van der Waals surface area contributed by atoms with E-state index in [1.54, 1.807) is 24.4 Å². The minimum absolute atomic E-state index is 0.133. The molecule has 0 aliphatic rings. The molecular formula is C11H9ClN2O. The van der Waals surface area contributed by atoms with Crippen LogP contribution in [0.25, 0.3) is 11.1 Å². The molecule has 0 amide bonds. The first-order valence-electron chi connectivity index (χ1n) is 4.41. The van der Waals surface area contributed by atoms with Gasteiger partial charge in [0.25, 0.3) is 0 Å². The molecule has 1 aromatic heterocycles. The van der Waals surface area contributed by atoms with E-state index in [1.165, 1.54) is 6.07 Å². The molecule has 1 heterocycles. The molecule has 0 saturated carbocycles. The Morgan fingerprint density at radius 3 is 2.60 bits per heavy atom. The Kier molecular flexibility index (Phi) is 2.47. The molecule has 2 aromatic rings. The number of halogens is 1. The van der Waals surface area contributed by atoms with E-state index >= 15 is 0 Å². The molecule has 0 fully saturated rings. The number of pyridine rings is 1. The molecule has 2 rings (SSSR count). The van der Waals surface area contributed by atoms with E-state index in [1.807, 2.05) is 6.07 Å². The van der Waals surface area contributed by atoms with Crippen LogP contribution in [0.1, 0.15) is 0 Å². The van der Waals surface area contributed by atoms with Gasteiger partial charge in [-0.15, -0.1) is 0 Å². The fraction of sp³-hybridized carbons (Fsp3) is 0. The maximum atomic E-state index is 10.9. The van der Waals surface area contributed by atoms with Crippen LogP contribution in [0.3, 0.4) is 0 Å². The molecule has 0 radical (unpaired) electrons. The second-order valence-corrected chi connectivity index (χ2v) is 3.61. The average Bonchev–Trinajstić information content (AvgIpc) is 2.20. The minimum atomic E-state index is -0.133. The largest absolute Gasteiger partial charge is 0.398 e. The molecule has 3 N–H and O–H groups in total. The summed E-state index contributed by atoms with van der Waals surface area (Å²) in [6.45, 7) is 0. The topological polar surface area (TPSA) is 58.9 Å². The maximum Gasteiger partial charge on any atom is 0.247 e.